The van der Waals surface area contributed by atoms with Crippen LogP contribution in [-0.2, 0) is 17.9 Å². The molecule has 0 spiro atoms. The number of hydrogen-bond donors (Lipinski definition) is 0. The summed E-state index contributed by atoms with van der Waals surface area (Å²) in [7, 11) is 7.78. The highest BCUT2D eigenvalue weighted by molar-refractivity contribution is 5.50. The van der Waals surface area contributed by atoms with Gasteiger partial charge >= 0.3 is 0 Å². The lowest BCUT2D eigenvalue weighted by molar-refractivity contribution is 0.181. The summed E-state index contributed by atoms with van der Waals surface area (Å²) in [5, 5.41) is 4.28. The predicted molar refractivity (Wildman–Crippen MR) is 94.4 cm³/mol. The molecule has 7 nitrogen and oxygen atoms in total. The molecule has 0 radical (unpaired) electrons. The van der Waals surface area contributed by atoms with Gasteiger partial charge in [-0.25, -0.2) is 4.98 Å². The van der Waals surface area contributed by atoms with E-state index in [0.717, 1.165) is 18.1 Å². The predicted octanol–water partition coefficient (Wildman–Crippen LogP) is 1.97. The molecular weight excluding hydrogens is 304 g/mol. The van der Waals surface area contributed by atoms with Gasteiger partial charge in [0.25, 0.3) is 5.78 Å². The van der Waals surface area contributed by atoms with Crippen molar-refractivity contribution in [3.8, 4) is 0 Å². The van der Waals surface area contributed by atoms with Crippen LogP contribution in [0.3, 0.4) is 0 Å². The van der Waals surface area contributed by atoms with E-state index in [4.69, 9.17) is 4.74 Å². The Morgan fingerprint density at radius 1 is 1.17 bits per heavy atom. The van der Waals surface area contributed by atoms with E-state index in [0.29, 0.717) is 12.4 Å². The maximum absolute atomic E-state index is 5.20. The van der Waals surface area contributed by atoms with Crippen molar-refractivity contribution in [2.24, 2.45) is 0 Å². The number of rotatable bonds is 6. The van der Waals surface area contributed by atoms with Crippen LogP contribution in [0.25, 0.3) is 5.78 Å². The molecule has 7 heteroatoms. The lowest BCUT2D eigenvalue weighted by atomic mass is 10.2. The van der Waals surface area contributed by atoms with Crippen LogP contribution in [0.4, 0.5) is 11.5 Å². The van der Waals surface area contributed by atoms with Crippen LogP contribution < -0.4 is 9.80 Å². The molecule has 0 N–H and O–H groups in total. The number of anilines is 2. The van der Waals surface area contributed by atoms with Crippen molar-refractivity contribution in [3.63, 3.8) is 0 Å². The fraction of sp³-hybridized carbons (Fsp3) is 0.353. The summed E-state index contributed by atoms with van der Waals surface area (Å²) < 4.78 is 6.95. The van der Waals surface area contributed by atoms with Crippen molar-refractivity contribution in [2.75, 3.05) is 38.1 Å². The zero-order chi connectivity index (χ0) is 17.1. The smallest absolute Gasteiger partial charge is 0.254 e. The molecule has 0 aliphatic carbocycles. The van der Waals surface area contributed by atoms with E-state index in [1.165, 1.54) is 17.6 Å². The topological polar surface area (TPSA) is 58.8 Å². The largest absolute Gasteiger partial charge is 0.378 e. The van der Waals surface area contributed by atoms with Gasteiger partial charge in [0.05, 0.1) is 12.3 Å². The minimum Gasteiger partial charge on any atom is -0.378 e. The van der Waals surface area contributed by atoms with Crippen molar-refractivity contribution in [2.45, 2.75) is 13.2 Å². The Bertz CT molecular complexity index is 829. The molecule has 0 atom stereocenters. The molecule has 2 aromatic heterocycles. The van der Waals surface area contributed by atoms with Gasteiger partial charge in [0.1, 0.15) is 12.1 Å². The van der Waals surface area contributed by atoms with Crippen LogP contribution >= 0.6 is 0 Å². The highest BCUT2D eigenvalue weighted by Gasteiger charge is 2.12. The SMILES string of the molecule is COCc1cc(N(C)Cc2cccc(N(C)C)c2)n2ncnc2n1. The van der Waals surface area contributed by atoms with Gasteiger partial charge in [-0.2, -0.15) is 14.6 Å². The Kier molecular flexibility index (Phi) is 4.61. The number of aromatic nitrogens is 4. The summed E-state index contributed by atoms with van der Waals surface area (Å²) in [5.41, 5.74) is 3.24. The van der Waals surface area contributed by atoms with Gasteiger partial charge in [-0.15, -0.1) is 0 Å². The Labute approximate surface area is 141 Å². The summed E-state index contributed by atoms with van der Waals surface area (Å²) in [6.07, 6.45) is 1.52. The second-order valence-electron chi connectivity index (χ2n) is 5.93. The van der Waals surface area contributed by atoms with Crippen molar-refractivity contribution in [1.29, 1.82) is 0 Å². The fourth-order valence-electron chi connectivity index (χ4n) is 2.63. The van der Waals surface area contributed by atoms with E-state index in [-0.39, 0.29) is 0 Å². The molecule has 0 aliphatic heterocycles. The minimum atomic E-state index is 0.445. The molecule has 0 aliphatic rings. The van der Waals surface area contributed by atoms with Gasteiger partial charge in [0, 0.05) is 46.6 Å². The van der Waals surface area contributed by atoms with E-state index in [2.05, 4.69) is 49.1 Å². The van der Waals surface area contributed by atoms with Gasteiger partial charge < -0.3 is 14.5 Å². The molecule has 0 amide bonds. The highest BCUT2D eigenvalue weighted by atomic mass is 16.5. The van der Waals surface area contributed by atoms with Crippen molar-refractivity contribution >= 4 is 17.3 Å². The van der Waals surface area contributed by atoms with E-state index in [1.54, 1.807) is 11.6 Å². The number of fused-ring (bicyclic) bond motifs is 1. The zero-order valence-corrected chi connectivity index (χ0v) is 14.5. The van der Waals surface area contributed by atoms with Crippen molar-refractivity contribution in [3.05, 3.63) is 47.9 Å². The maximum Gasteiger partial charge on any atom is 0.254 e. The molecule has 3 rings (SSSR count). The molecule has 0 fully saturated rings. The van der Waals surface area contributed by atoms with Crippen molar-refractivity contribution < 1.29 is 4.74 Å². The molecular formula is C17H22N6O. The summed E-state index contributed by atoms with van der Waals surface area (Å²) in [4.78, 5) is 12.9. The third kappa shape index (κ3) is 3.30. The normalized spacial score (nSPS) is 11.0. The van der Waals surface area contributed by atoms with Gasteiger partial charge in [-0.1, -0.05) is 12.1 Å². The Hall–Kier alpha value is -2.67. The molecule has 3 aromatic rings. The molecule has 0 saturated heterocycles. The number of methoxy groups -OCH3 is 1. The van der Waals surface area contributed by atoms with Crippen LogP contribution in [-0.4, -0.2) is 47.8 Å². The average Bonchev–Trinajstić information content (AvgIpc) is 3.03. The third-order valence-corrected chi connectivity index (χ3v) is 3.82. The first-order valence-electron chi connectivity index (χ1n) is 7.74. The second-order valence-corrected chi connectivity index (χ2v) is 5.93. The van der Waals surface area contributed by atoms with E-state index in [9.17, 15) is 0 Å². The lowest BCUT2D eigenvalue weighted by Gasteiger charge is -2.21. The van der Waals surface area contributed by atoms with Crippen LogP contribution in [0.1, 0.15) is 11.3 Å². The van der Waals surface area contributed by atoms with Crippen LogP contribution in [0.5, 0.6) is 0 Å². The molecule has 126 valence electrons. The zero-order valence-electron chi connectivity index (χ0n) is 14.5. The molecule has 24 heavy (non-hydrogen) atoms. The second kappa shape index (κ2) is 6.84. The molecule has 0 unspecified atom stereocenters. The summed E-state index contributed by atoms with van der Waals surface area (Å²) in [6, 6.07) is 10.5. The van der Waals surface area contributed by atoms with Crippen molar-refractivity contribution in [1.82, 2.24) is 19.6 Å². The molecule has 0 saturated carbocycles. The van der Waals surface area contributed by atoms with E-state index < -0.39 is 0 Å². The Morgan fingerprint density at radius 3 is 2.75 bits per heavy atom. The van der Waals surface area contributed by atoms with E-state index >= 15 is 0 Å². The van der Waals surface area contributed by atoms with Gasteiger partial charge in [0.2, 0.25) is 0 Å². The quantitative estimate of drug-likeness (QED) is 0.690. The number of nitrogens with zero attached hydrogens (tertiary/aromatic N) is 6. The molecule has 0 bridgehead atoms. The standard InChI is InChI=1S/C17H22N6O/c1-21(2)15-7-5-6-13(8-15)10-22(3)16-9-14(11-24-4)20-17-18-12-19-23(16)17/h5-9,12H,10-11H2,1-4H3. The first-order valence-corrected chi connectivity index (χ1v) is 7.74. The van der Waals surface area contributed by atoms with Gasteiger partial charge in [-0.3, -0.25) is 0 Å². The summed E-state index contributed by atoms with van der Waals surface area (Å²) in [5.74, 6) is 1.51. The Balaban J connectivity index is 1.92. The van der Waals surface area contributed by atoms with Crippen LogP contribution in [0, 0.1) is 0 Å². The fourth-order valence-corrected chi connectivity index (χ4v) is 2.63. The van der Waals surface area contributed by atoms with E-state index in [1.807, 2.05) is 27.2 Å². The number of ether oxygens (including phenoxy) is 1. The molecule has 1 aromatic carbocycles. The number of hydrogen-bond acceptors (Lipinski definition) is 6. The van der Waals surface area contributed by atoms with Gasteiger partial charge in [0.15, 0.2) is 0 Å². The maximum atomic E-state index is 5.20. The number of benzene rings is 1. The first-order chi connectivity index (χ1) is 11.6. The summed E-state index contributed by atoms with van der Waals surface area (Å²) >= 11 is 0. The highest BCUT2D eigenvalue weighted by Crippen LogP contribution is 2.20. The monoisotopic (exact) mass is 326 g/mol. The van der Waals surface area contributed by atoms with Crippen LogP contribution in [0.2, 0.25) is 0 Å². The lowest BCUT2D eigenvalue weighted by Crippen LogP contribution is -2.21. The summed E-state index contributed by atoms with van der Waals surface area (Å²) in [6.45, 7) is 1.20. The minimum absolute atomic E-state index is 0.445. The van der Waals surface area contributed by atoms with Crippen LogP contribution in [0.15, 0.2) is 36.7 Å². The Morgan fingerprint density at radius 2 is 2.00 bits per heavy atom. The average molecular weight is 326 g/mol. The van der Waals surface area contributed by atoms with Gasteiger partial charge in [-0.05, 0) is 17.7 Å². The molecule has 2 heterocycles. The third-order valence-electron chi connectivity index (χ3n) is 3.82. The first kappa shape index (κ1) is 16.2.